The first-order chi connectivity index (χ1) is 9.20. The van der Waals surface area contributed by atoms with Gasteiger partial charge in [-0.3, -0.25) is 0 Å². The first-order valence-corrected chi connectivity index (χ1v) is 7.41. The average Bonchev–Trinajstić information content (AvgIpc) is 2.86. The first-order valence-electron chi connectivity index (χ1n) is 6.53. The Bertz CT molecular complexity index is 537. The Morgan fingerprint density at radius 1 is 1.32 bits per heavy atom. The Kier molecular flexibility index (Phi) is 4.93. The lowest BCUT2D eigenvalue weighted by molar-refractivity contribution is 0.303. The Labute approximate surface area is 118 Å². The van der Waals surface area contributed by atoms with Crippen LogP contribution in [0.3, 0.4) is 0 Å². The zero-order chi connectivity index (χ0) is 13.7. The van der Waals surface area contributed by atoms with Crippen LogP contribution in [-0.2, 0) is 13.0 Å². The van der Waals surface area contributed by atoms with E-state index in [4.69, 9.17) is 10.5 Å². The predicted octanol–water partition coefficient (Wildman–Crippen LogP) is 3.23. The van der Waals surface area contributed by atoms with Gasteiger partial charge in [-0.2, -0.15) is 0 Å². The number of nitrogens with zero attached hydrogens (tertiary/aromatic N) is 1. The van der Waals surface area contributed by atoms with E-state index in [0.29, 0.717) is 13.2 Å². The van der Waals surface area contributed by atoms with Crippen LogP contribution in [0.5, 0.6) is 5.75 Å². The lowest BCUT2D eigenvalue weighted by Gasteiger charge is -2.09. The molecule has 2 aromatic rings. The Balaban J connectivity index is 1.95. The molecule has 102 valence electrons. The number of hydrogen-bond donors (Lipinski definition) is 1. The van der Waals surface area contributed by atoms with E-state index in [1.807, 2.05) is 12.1 Å². The molecule has 1 aromatic heterocycles. The number of ether oxygens (including phenoxy) is 1. The maximum absolute atomic E-state index is 5.84. The molecule has 0 aliphatic heterocycles. The van der Waals surface area contributed by atoms with Crippen LogP contribution in [0.1, 0.15) is 28.2 Å². The van der Waals surface area contributed by atoms with Crippen molar-refractivity contribution in [2.75, 3.05) is 6.54 Å². The normalized spacial score (nSPS) is 10.7. The van der Waals surface area contributed by atoms with Crippen molar-refractivity contribution < 1.29 is 4.74 Å². The van der Waals surface area contributed by atoms with Crippen LogP contribution in [0.15, 0.2) is 23.6 Å². The standard InChI is InChI=1S/C15H20N2OS/c1-11-5-3-7-14(12(11)2)18-9-15-17-13(10-19-15)6-4-8-16/h3,5,7,10H,4,6,8-9,16H2,1-2H3. The van der Waals surface area contributed by atoms with E-state index in [1.165, 1.54) is 11.1 Å². The highest BCUT2D eigenvalue weighted by atomic mass is 32.1. The number of benzene rings is 1. The molecule has 2 rings (SSSR count). The average molecular weight is 276 g/mol. The van der Waals surface area contributed by atoms with Crippen LogP contribution in [0.25, 0.3) is 0 Å². The summed E-state index contributed by atoms with van der Waals surface area (Å²) < 4.78 is 5.84. The summed E-state index contributed by atoms with van der Waals surface area (Å²) in [5.41, 5.74) is 9.07. The van der Waals surface area contributed by atoms with Crippen LogP contribution in [-0.4, -0.2) is 11.5 Å². The fraction of sp³-hybridized carbons (Fsp3) is 0.400. The van der Waals surface area contributed by atoms with Gasteiger partial charge in [0.1, 0.15) is 17.4 Å². The number of thiazole rings is 1. The Morgan fingerprint density at radius 3 is 2.95 bits per heavy atom. The molecule has 0 aliphatic rings. The third-order valence-corrected chi connectivity index (χ3v) is 4.01. The summed E-state index contributed by atoms with van der Waals surface area (Å²) in [6, 6.07) is 6.12. The van der Waals surface area contributed by atoms with Crippen molar-refractivity contribution in [1.29, 1.82) is 0 Å². The monoisotopic (exact) mass is 276 g/mol. The molecule has 0 unspecified atom stereocenters. The minimum Gasteiger partial charge on any atom is -0.486 e. The van der Waals surface area contributed by atoms with E-state index in [-0.39, 0.29) is 0 Å². The van der Waals surface area contributed by atoms with Crippen molar-refractivity contribution in [3.05, 3.63) is 45.4 Å². The van der Waals surface area contributed by atoms with Crippen molar-refractivity contribution >= 4 is 11.3 Å². The molecule has 1 aromatic carbocycles. The number of nitrogens with two attached hydrogens (primary N) is 1. The highest BCUT2D eigenvalue weighted by Crippen LogP contribution is 2.22. The molecular weight excluding hydrogens is 256 g/mol. The van der Waals surface area contributed by atoms with Gasteiger partial charge >= 0.3 is 0 Å². The van der Waals surface area contributed by atoms with Crippen molar-refractivity contribution in [2.45, 2.75) is 33.3 Å². The second-order valence-electron chi connectivity index (χ2n) is 4.61. The van der Waals surface area contributed by atoms with E-state index < -0.39 is 0 Å². The first kappa shape index (κ1) is 14.0. The topological polar surface area (TPSA) is 48.1 Å². The van der Waals surface area contributed by atoms with E-state index in [0.717, 1.165) is 29.3 Å². The molecular formula is C15H20N2OS. The third kappa shape index (κ3) is 3.78. The van der Waals surface area contributed by atoms with Crippen molar-refractivity contribution in [2.24, 2.45) is 5.73 Å². The fourth-order valence-electron chi connectivity index (χ4n) is 1.83. The highest BCUT2D eigenvalue weighted by Gasteiger charge is 2.05. The number of aromatic nitrogens is 1. The van der Waals surface area contributed by atoms with E-state index in [1.54, 1.807) is 11.3 Å². The maximum atomic E-state index is 5.84. The van der Waals surface area contributed by atoms with E-state index >= 15 is 0 Å². The van der Waals surface area contributed by atoms with Crippen molar-refractivity contribution in [1.82, 2.24) is 4.98 Å². The number of aryl methyl sites for hydroxylation is 2. The molecule has 19 heavy (non-hydrogen) atoms. The zero-order valence-electron chi connectivity index (χ0n) is 11.5. The molecule has 0 saturated heterocycles. The van der Waals surface area contributed by atoms with Gasteiger partial charge in [-0.15, -0.1) is 11.3 Å². The molecule has 0 radical (unpaired) electrons. The summed E-state index contributed by atoms with van der Waals surface area (Å²) in [7, 11) is 0. The minimum absolute atomic E-state index is 0.539. The molecule has 0 aliphatic carbocycles. The number of hydrogen-bond acceptors (Lipinski definition) is 4. The molecule has 0 fully saturated rings. The molecule has 0 spiro atoms. The van der Waals surface area contributed by atoms with Gasteiger partial charge < -0.3 is 10.5 Å². The van der Waals surface area contributed by atoms with Crippen LogP contribution in [0.2, 0.25) is 0 Å². The molecule has 0 amide bonds. The highest BCUT2D eigenvalue weighted by molar-refractivity contribution is 7.09. The minimum atomic E-state index is 0.539. The van der Waals surface area contributed by atoms with Crippen LogP contribution in [0.4, 0.5) is 0 Å². The summed E-state index contributed by atoms with van der Waals surface area (Å²) in [5.74, 6) is 0.943. The van der Waals surface area contributed by atoms with Crippen LogP contribution in [0, 0.1) is 13.8 Å². The second kappa shape index (κ2) is 6.68. The number of rotatable bonds is 6. The SMILES string of the molecule is Cc1cccc(OCc2nc(CCCN)cs2)c1C. The molecule has 1 heterocycles. The van der Waals surface area contributed by atoms with Gasteiger partial charge in [0.2, 0.25) is 0 Å². The summed E-state index contributed by atoms with van der Waals surface area (Å²) in [4.78, 5) is 4.55. The molecule has 0 bridgehead atoms. The van der Waals surface area contributed by atoms with Gasteiger partial charge in [-0.05, 0) is 50.4 Å². The fourth-order valence-corrected chi connectivity index (χ4v) is 2.57. The smallest absolute Gasteiger partial charge is 0.140 e. The van der Waals surface area contributed by atoms with Crippen molar-refractivity contribution in [3.63, 3.8) is 0 Å². The predicted molar refractivity (Wildman–Crippen MR) is 79.7 cm³/mol. The molecule has 0 saturated carbocycles. The lowest BCUT2D eigenvalue weighted by atomic mass is 10.1. The summed E-state index contributed by atoms with van der Waals surface area (Å²) in [6.45, 7) is 5.43. The Morgan fingerprint density at radius 2 is 2.16 bits per heavy atom. The lowest BCUT2D eigenvalue weighted by Crippen LogP contribution is -2.01. The molecule has 4 heteroatoms. The molecule has 0 atom stereocenters. The van der Waals surface area contributed by atoms with Gasteiger partial charge in [0.15, 0.2) is 0 Å². The molecule has 3 nitrogen and oxygen atoms in total. The quantitative estimate of drug-likeness (QED) is 0.881. The van der Waals surface area contributed by atoms with Crippen LogP contribution < -0.4 is 10.5 Å². The van der Waals surface area contributed by atoms with Gasteiger partial charge in [-0.25, -0.2) is 4.98 Å². The maximum Gasteiger partial charge on any atom is 0.140 e. The van der Waals surface area contributed by atoms with Crippen LogP contribution >= 0.6 is 11.3 Å². The summed E-state index contributed by atoms with van der Waals surface area (Å²) >= 11 is 1.65. The second-order valence-corrected chi connectivity index (χ2v) is 5.55. The van der Waals surface area contributed by atoms with Gasteiger partial charge in [0.05, 0.1) is 5.69 Å². The van der Waals surface area contributed by atoms with Crippen molar-refractivity contribution in [3.8, 4) is 5.75 Å². The van der Waals surface area contributed by atoms with Gasteiger partial charge in [-0.1, -0.05) is 12.1 Å². The van der Waals surface area contributed by atoms with E-state index in [9.17, 15) is 0 Å². The molecule has 2 N–H and O–H groups in total. The largest absolute Gasteiger partial charge is 0.486 e. The van der Waals surface area contributed by atoms with E-state index in [2.05, 4.69) is 30.3 Å². The third-order valence-electron chi connectivity index (χ3n) is 3.14. The van der Waals surface area contributed by atoms with Gasteiger partial charge in [0.25, 0.3) is 0 Å². The summed E-state index contributed by atoms with van der Waals surface area (Å²) in [6.07, 6.45) is 1.94. The van der Waals surface area contributed by atoms with Gasteiger partial charge in [0, 0.05) is 5.38 Å². The Hall–Kier alpha value is -1.39. The summed E-state index contributed by atoms with van der Waals surface area (Å²) in [5, 5.41) is 3.12. The zero-order valence-corrected chi connectivity index (χ0v) is 12.3.